The van der Waals surface area contributed by atoms with Crippen molar-refractivity contribution in [3.05, 3.63) is 76.8 Å². The first kappa shape index (κ1) is 16.1. The Morgan fingerprint density at radius 3 is 2.33 bits per heavy atom. The summed E-state index contributed by atoms with van der Waals surface area (Å²) in [7, 11) is 0. The van der Waals surface area contributed by atoms with Gasteiger partial charge in [-0.1, -0.05) is 15.9 Å². The van der Waals surface area contributed by atoms with Gasteiger partial charge in [0.2, 0.25) is 5.95 Å². The van der Waals surface area contributed by atoms with Crippen LogP contribution in [0, 0.1) is 0 Å². The summed E-state index contributed by atoms with van der Waals surface area (Å²) >= 11 is 3.35. The van der Waals surface area contributed by atoms with E-state index in [1.54, 1.807) is 12.4 Å². The van der Waals surface area contributed by atoms with E-state index >= 15 is 0 Å². The van der Waals surface area contributed by atoms with Crippen molar-refractivity contribution in [3.63, 3.8) is 0 Å². The molecule has 0 bridgehead atoms. The van der Waals surface area contributed by atoms with Crippen molar-refractivity contribution in [1.82, 2.24) is 15.0 Å². The van der Waals surface area contributed by atoms with E-state index < -0.39 is 0 Å². The molecule has 3 aromatic rings. The molecule has 0 radical (unpaired) electrons. The number of hydrogen-bond donors (Lipinski definition) is 2. The van der Waals surface area contributed by atoms with Crippen LogP contribution < -0.4 is 10.6 Å². The molecule has 0 aliphatic heterocycles. The number of nitrogens with zero attached hydrogens (tertiary/aromatic N) is 3. The minimum atomic E-state index is -0.252. The molecule has 0 saturated heterocycles. The number of benzene rings is 1. The molecule has 6 nitrogen and oxygen atoms in total. The number of nitrogens with one attached hydrogen (secondary N) is 2. The highest BCUT2D eigenvalue weighted by molar-refractivity contribution is 9.10. The van der Waals surface area contributed by atoms with Crippen LogP contribution in [-0.4, -0.2) is 20.9 Å². The highest BCUT2D eigenvalue weighted by Gasteiger charge is 2.07. The van der Waals surface area contributed by atoms with Crippen molar-refractivity contribution in [2.24, 2.45) is 0 Å². The number of carbonyl (C=O) groups is 1. The summed E-state index contributed by atoms with van der Waals surface area (Å²) in [4.78, 5) is 24.5. The van der Waals surface area contributed by atoms with Gasteiger partial charge in [0, 0.05) is 41.5 Å². The first-order valence-corrected chi connectivity index (χ1v) is 8.02. The van der Waals surface area contributed by atoms with Gasteiger partial charge in [-0.15, -0.1) is 0 Å². The summed E-state index contributed by atoms with van der Waals surface area (Å²) in [6.45, 7) is 0.590. The predicted octanol–water partition coefficient (Wildman–Crippen LogP) is 3.50. The quantitative estimate of drug-likeness (QED) is 0.704. The van der Waals surface area contributed by atoms with Gasteiger partial charge in [0.05, 0.1) is 5.56 Å². The maximum absolute atomic E-state index is 12.2. The normalized spacial score (nSPS) is 10.2. The number of anilines is 2. The number of rotatable bonds is 5. The minimum absolute atomic E-state index is 0.252. The van der Waals surface area contributed by atoms with Gasteiger partial charge in [-0.05, 0) is 42.0 Å². The Kier molecular flexibility index (Phi) is 5.12. The zero-order valence-electron chi connectivity index (χ0n) is 12.6. The summed E-state index contributed by atoms with van der Waals surface area (Å²) < 4.78 is 0.952. The smallest absolute Gasteiger partial charge is 0.258 e. The van der Waals surface area contributed by atoms with Crippen LogP contribution in [0.5, 0.6) is 0 Å². The number of amides is 1. The molecule has 24 heavy (non-hydrogen) atoms. The number of carbonyl (C=O) groups excluding carboxylic acids is 1. The third-order valence-electron chi connectivity index (χ3n) is 3.22. The standard InChI is InChI=1S/C17H14BrN5O/c18-14-1-3-15(4-2-14)23-16(24)13-10-21-17(22-11-13)20-9-12-5-7-19-8-6-12/h1-8,10-11H,9H2,(H,23,24)(H,20,21,22). The molecule has 0 unspecified atom stereocenters. The second-order valence-corrected chi connectivity index (χ2v) is 5.88. The van der Waals surface area contributed by atoms with E-state index in [2.05, 4.69) is 41.5 Å². The lowest BCUT2D eigenvalue weighted by Gasteiger charge is -2.07. The van der Waals surface area contributed by atoms with E-state index in [1.165, 1.54) is 12.4 Å². The van der Waals surface area contributed by atoms with E-state index in [0.717, 1.165) is 10.0 Å². The summed E-state index contributed by atoms with van der Waals surface area (Å²) in [6.07, 6.45) is 6.45. The van der Waals surface area contributed by atoms with Crippen molar-refractivity contribution < 1.29 is 4.79 Å². The van der Waals surface area contributed by atoms with Crippen molar-refractivity contribution in [1.29, 1.82) is 0 Å². The van der Waals surface area contributed by atoms with Crippen molar-refractivity contribution >= 4 is 33.5 Å². The molecule has 3 rings (SSSR count). The average Bonchev–Trinajstić information content (AvgIpc) is 2.63. The molecular weight excluding hydrogens is 370 g/mol. The monoisotopic (exact) mass is 383 g/mol. The molecule has 1 amide bonds. The van der Waals surface area contributed by atoms with E-state index in [4.69, 9.17) is 0 Å². The SMILES string of the molecule is O=C(Nc1ccc(Br)cc1)c1cnc(NCc2ccncc2)nc1. The third-order valence-corrected chi connectivity index (χ3v) is 3.74. The van der Waals surface area contributed by atoms with E-state index in [1.807, 2.05) is 36.4 Å². The van der Waals surface area contributed by atoms with Crippen LogP contribution in [0.25, 0.3) is 0 Å². The third kappa shape index (κ3) is 4.36. The van der Waals surface area contributed by atoms with E-state index in [-0.39, 0.29) is 5.91 Å². The second-order valence-electron chi connectivity index (χ2n) is 4.97. The highest BCUT2D eigenvalue weighted by atomic mass is 79.9. The molecular formula is C17H14BrN5O. The van der Waals surface area contributed by atoms with E-state index in [9.17, 15) is 4.79 Å². The molecule has 0 spiro atoms. The molecule has 0 aliphatic rings. The van der Waals surface area contributed by atoms with Crippen LogP contribution in [0.4, 0.5) is 11.6 Å². The molecule has 2 heterocycles. The molecule has 0 atom stereocenters. The van der Waals surface area contributed by atoms with Crippen molar-refractivity contribution in [2.45, 2.75) is 6.54 Å². The van der Waals surface area contributed by atoms with Gasteiger partial charge < -0.3 is 10.6 Å². The Bertz CT molecular complexity index is 807. The molecule has 0 fully saturated rings. The zero-order valence-corrected chi connectivity index (χ0v) is 14.2. The summed E-state index contributed by atoms with van der Waals surface area (Å²) in [5, 5.41) is 5.89. The van der Waals surface area contributed by atoms with Crippen LogP contribution >= 0.6 is 15.9 Å². The van der Waals surface area contributed by atoms with Crippen LogP contribution in [0.1, 0.15) is 15.9 Å². The molecule has 120 valence electrons. The maximum atomic E-state index is 12.2. The Morgan fingerprint density at radius 1 is 1.00 bits per heavy atom. The topological polar surface area (TPSA) is 79.8 Å². The largest absolute Gasteiger partial charge is 0.350 e. The first-order valence-electron chi connectivity index (χ1n) is 7.22. The summed E-state index contributed by atoms with van der Waals surface area (Å²) in [5.74, 6) is 0.213. The molecule has 0 saturated carbocycles. The predicted molar refractivity (Wildman–Crippen MR) is 95.7 cm³/mol. The number of aromatic nitrogens is 3. The van der Waals surface area contributed by atoms with Crippen LogP contribution in [0.15, 0.2) is 65.7 Å². The van der Waals surface area contributed by atoms with Gasteiger partial charge in [-0.25, -0.2) is 9.97 Å². The van der Waals surface area contributed by atoms with Gasteiger partial charge >= 0.3 is 0 Å². The average molecular weight is 384 g/mol. The molecule has 2 aromatic heterocycles. The zero-order chi connectivity index (χ0) is 16.8. The lowest BCUT2D eigenvalue weighted by molar-refractivity contribution is 0.102. The molecule has 2 N–H and O–H groups in total. The highest BCUT2D eigenvalue weighted by Crippen LogP contribution is 2.15. The minimum Gasteiger partial charge on any atom is -0.350 e. The van der Waals surface area contributed by atoms with Crippen molar-refractivity contribution in [3.8, 4) is 0 Å². The lowest BCUT2D eigenvalue weighted by Crippen LogP contribution is -2.13. The van der Waals surface area contributed by atoms with Crippen LogP contribution in [-0.2, 0) is 6.54 Å². The Morgan fingerprint density at radius 2 is 1.67 bits per heavy atom. The fourth-order valence-electron chi connectivity index (χ4n) is 1.95. The number of hydrogen-bond acceptors (Lipinski definition) is 5. The first-order chi connectivity index (χ1) is 11.7. The maximum Gasteiger partial charge on any atom is 0.258 e. The summed E-state index contributed by atoms with van der Waals surface area (Å²) in [5.41, 5.74) is 2.18. The lowest BCUT2D eigenvalue weighted by atomic mass is 10.2. The number of pyridine rings is 1. The summed E-state index contributed by atoms with van der Waals surface area (Å²) in [6, 6.07) is 11.2. The fraction of sp³-hybridized carbons (Fsp3) is 0.0588. The Balaban J connectivity index is 1.59. The molecule has 7 heteroatoms. The van der Waals surface area contributed by atoms with Gasteiger partial charge in [-0.3, -0.25) is 9.78 Å². The Labute approximate surface area is 147 Å². The van der Waals surface area contributed by atoms with Gasteiger partial charge in [0.25, 0.3) is 5.91 Å². The molecule has 1 aromatic carbocycles. The van der Waals surface area contributed by atoms with Crippen LogP contribution in [0.2, 0.25) is 0 Å². The van der Waals surface area contributed by atoms with Gasteiger partial charge in [0.15, 0.2) is 0 Å². The van der Waals surface area contributed by atoms with Crippen LogP contribution in [0.3, 0.4) is 0 Å². The number of halogens is 1. The van der Waals surface area contributed by atoms with Gasteiger partial charge in [-0.2, -0.15) is 0 Å². The molecule has 0 aliphatic carbocycles. The Hall–Kier alpha value is -2.80. The van der Waals surface area contributed by atoms with Gasteiger partial charge in [0.1, 0.15) is 0 Å². The fourth-order valence-corrected chi connectivity index (χ4v) is 2.22. The van der Waals surface area contributed by atoms with Crippen molar-refractivity contribution in [2.75, 3.05) is 10.6 Å². The van der Waals surface area contributed by atoms with E-state index in [0.29, 0.717) is 23.7 Å². The second kappa shape index (κ2) is 7.65.